The van der Waals surface area contributed by atoms with Crippen molar-refractivity contribution in [3.63, 3.8) is 0 Å². The lowest BCUT2D eigenvalue weighted by molar-refractivity contribution is 0.103. The Bertz CT molecular complexity index is 1390. The molecule has 0 fully saturated rings. The van der Waals surface area contributed by atoms with Crippen molar-refractivity contribution in [2.24, 2.45) is 0 Å². The molecule has 4 aromatic carbocycles. The third-order valence-corrected chi connectivity index (χ3v) is 6.41. The zero-order valence-corrected chi connectivity index (χ0v) is 19.9. The van der Waals surface area contributed by atoms with Crippen molar-refractivity contribution in [1.82, 2.24) is 0 Å². The second kappa shape index (κ2) is 9.38. The normalized spacial score (nSPS) is 12.1. The third-order valence-electron chi connectivity index (χ3n) is 5.82. The molecule has 0 atom stereocenters. The molecule has 3 nitrogen and oxygen atoms in total. The van der Waals surface area contributed by atoms with E-state index in [9.17, 15) is 4.79 Å². The molecule has 0 bridgehead atoms. The molecular weight excluding hydrogens is 467 g/mol. The zero-order chi connectivity index (χ0) is 23.7. The first-order valence-corrected chi connectivity index (χ1v) is 11.5. The fraction of sp³-hybridized carbons (Fsp3) is 0.0690. The minimum absolute atomic E-state index is 0.0468. The highest BCUT2D eigenvalue weighted by molar-refractivity contribution is 6.35. The molecule has 0 unspecified atom stereocenters. The Labute approximate surface area is 208 Å². The van der Waals surface area contributed by atoms with Gasteiger partial charge in [0.15, 0.2) is 17.3 Å². The van der Waals surface area contributed by atoms with Crippen LogP contribution in [0.2, 0.25) is 10.0 Å². The fourth-order valence-electron chi connectivity index (χ4n) is 4.13. The number of ether oxygens (including phenoxy) is 2. The number of fused-ring (bicyclic) bond motifs is 2. The summed E-state index contributed by atoms with van der Waals surface area (Å²) in [4.78, 5) is 13.0. The van der Waals surface area contributed by atoms with Crippen LogP contribution in [0.3, 0.4) is 0 Å². The highest BCUT2D eigenvalue weighted by Gasteiger charge is 2.26. The van der Waals surface area contributed by atoms with Gasteiger partial charge in [-0.3, -0.25) is 4.79 Å². The number of carbonyl (C=O) groups is 1. The number of hydrogen-bond donors (Lipinski definition) is 0. The number of rotatable bonds is 5. The summed E-state index contributed by atoms with van der Waals surface area (Å²) in [5, 5.41) is 1.13. The van der Waals surface area contributed by atoms with Crippen LogP contribution in [0.1, 0.15) is 38.2 Å². The number of hydrogen-bond acceptors (Lipinski definition) is 3. The molecule has 0 saturated carbocycles. The van der Waals surface area contributed by atoms with E-state index in [0.29, 0.717) is 32.7 Å². The van der Waals surface area contributed by atoms with Gasteiger partial charge >= 0.3 is 0 Å². The van der Waals surface area contributed by atoms with Crippen LogP contribution in [0.4, 0.5) is 0 Å². The number of benzene rings is 4. The molecule has 0 radical (unpaired) electrons. The van der Waals surface area contributed by atoms with Crippen LogP contribution in [0.15, 0.2) is 84.9 Å². The van der Waals surface area contributed by atoms with Crippen molar-refractivity contribution in [2.45, 2.75) is 6.61 Å². The molecule has 5 rings (SSSR count). The van der Waals surface area contributed by atoms with Crippen LogP contribution in [0.5, 0.6) is 11.5 Å². The number of halogens is 2. The van der Waals surface area contributed by atoms with Gasteiger partial charge < -0.3 is 9.47 Å². The molecule has 34 heavy (non-hydrogen) atoms. The maximum Gasteiger partial charge on any atom is 0.194 e. The molecular formula is C29H20Cl2O3. The van der Waals surface area contributed by atoms with Crippen LogP contribution in [0.25, 0.3) is 11.6 Å². The molecule has 1 aliphatic carbocycles. The molecule has 0 aliphatic heterocycles. The van der Waals surface area contributed by atoms with Crippen molar-refractivity contribution in [2.75, 3.05) is 7.11 Å². The Kier molecular flexibility index (Phi) is 6.14. The van der Waals surface area contributed by atoms with E-state index in [1.165, 1.54) is 0 Å². The number of carbonyl (C=O) groups excluding carboxylic acids is 1. The van der Waals surface area contributed by atoms with Gasteiger partial charge in [-0.2, -0.15) is 0 Å². The smallest absolute Gasteiger partial charge is 0.194 e. The van der Waals surface area contributed by atoms with E-state index in [0.717, 1.165) is 27.8 Å². The molecule has 168 valence electrons. The van der Waals surface area contributed by atoms with Crippen LogP contribution in [-0.2, 0) is 6.61 Å². The molecule has 4 aromatic rings. The van der Waals surface area contributed by atoms with Crippen LogP contribution >= 0.6 is 23.2 Å². The third kappa shape index (κ3) is 4.21. The first kappa shape index (κ1) is 22.3. The van der Waals surface area contributed by atoms with E-state index in [1.54, 1.807) is 19.2 Å². The highest BCUT2D eigenvalue weighted by Crippen LogP contribution is 2.38. The second-order valence-corrected chi connectivity index (χ2v) is 8.76. The topological polar surface area (TPSA) is 35.5 Å². The van der Waals surface area contributed by atoms with Crippen LogP contribution in [-0.4, -0.2) is 12.9 Å². The molecule has 0 heterocycles. The molecule has 1 aliphatic rings. The quantitative estimate of drug-likeness (QED) is 0.255. The standard InChI is InChI=1S/C29H20Cl2O3/c1-33-28-15-18(10-13-27(28)34-17-19-11-12-20(30)16-26(19)31)14-25-21-6-2-4-8-23(21)29(32)24-9-5-3-7-22(24)25/h2-16H,17H2,1H3. The molecule has 0 amide bonds. The lowest BCUT2D eigenvalue weighted by Gasteiger charge is -2.21. The predicted octanol–water partition coefficient (Wildman–Crippen LogP) is 7.71. The predicted molar refractivity (Wildman–Crippen MR) is 137 cm³/mol. The zero-order valence-electron chi connectivity index (χ0n) is 18.3. The highest BCUT2D eigenvalue weighted by atomic mass is 35.5. The van der Waals surface area contributed by atoms with Gasteiger partial charge in [0.2, 0.25) is 0 Å². The summed E-state index contributed by atoms with van der Waals surface area (Å²) in [6.45, 7) is 0.287. The maximum absolute atomic E-state index is 13.0. The molecule has 0 spiro atoms. The van der Waals surface area contributed by atoms with Gasteiger partial charge in [-0.05, 0) is 52.6 Å². The summed E-state index contributed by atoms with van der Waals surface area (Å²) >= 11 is 12.2. The van der Waals surface area contributed by atoms with Gasteiger partial charge in [-0.25, -0.2) is 0 Å². The Morgan fingerprint density at radius 2 is 1.41 bits per heavy atom. The monoisotopic (exact) mass is 486 g/mol. The summed E-state index contributed by atoms with van der Waals surface area (Å²) in [5.41, 5.74) is 6.01. The number of ketones is 1. The van der Waals surface area contributed by atoms with Gasteiger partial charge in [0.25, 0.3) is 0 Å². The van der Waals surface area contributed by atoms with E-state index < -0.39 is 0 Å². The summed E-state index contributed by atoms with van der Waals surface area (Å²) in [7, 11) is 1.61. The fourth-order valence-corrected chi connectivity index (χ4v) is 4.59. The first-order chi connectivity index (χ1) is 16.5. The SMILES string of the molecule is COc1cc(C=C2c3ccccc3C(=O)c3ccccc32)ccc1OCc1ccc(Cl)cc1Cl. The Hall–Kier alpha value is -3.53. The maximum atomic E-state index is 13.0. The van der Waals surface area contributed by atoms with E-state index >= 15 is 0 Å². The van der Waals surface area contributed by atoms with Gasteiger partial charge in [0, 0.05) is 26.7 Å². The minimum Gasteiger partial charge on any atom is -0.493 e. The van der Waals surface area contributed by atoms with Crippen molar-refractivity contribution < 1.29 is 14.3 Å². The summed E-state index contributed by atoms with van der Waals surface area (Å²) in [6.07, 6.45) is 2.08. The van der Waals surface area contributed by atoms with E-state index in [4.69, 9.17) is 32.7 Å². The van der Waals surface area contributed by atoms with E-state index in [1.807, 2.05) is 72.8 Å². The average molecular weight is 487 g/mol. The molecule has 5 heteroatoms. The van der Waals surface area contributed by atoms with E-state index in [-0.39, 0.29) is 12.4 Å². The molecule has 0 saturated heterocycles. The van der Waals surface area contributed by atoms with Gasteiger partial charge in [0.1, 0.15) is 6.61 Å². The second-order valence-electron chi connectivity index (χ2n) is 7.91. The summed E-state index contributed by atoms with van der Waals surface area (Å²) in [6, 6.07) is 26.5. The average Bonchev–Trinajstić information content (AvgIpc) is 2.86. The summed E-state index contributed by atoms with van der Waals surface area (Å²) < 4.78 is 11.6. The van der Waals surface area contributed by atoms with Crippen LogP contribution < -0.4 is 9.47 Å². The van der Waals surface area contributed by atoms with Gasteiger partial charge in [-0.15, -0.1) is 0 Å². The lowest BCUT2D eigenvalue weighted by Crippen LogP contribution is -2.14. The Morgan fingerprint density at radius 3 is 2.03 bits per heavy atom. The van der Waals surface area contributed by atoms with Crippen molar-refractivity contribution in [3.05, 3.63) is 128 Å². The molecule has 0 aromatic heterocycles. The first-order valence-electron chi connectivity index (χ1n) is 10.7. The van der Waals surface area contributed by atoms with Crippen LogP contribution in [0, 0.1) is 0 Å². The van der Waals surface area contributed by atoms with Crippen molar-refractivity contribution >= 4 is 40.6 Å². The largest absolute Gasteiger partial charge is 0.493 e. The summed E-state index contributed by atoms with van der Waals surface area (Å²) in [5.74, 6) is 1.26. The Morgan fingerprint density at radius 1 is 0.765 bits per heavy atom. The minimum atomic E-state index is 0.0468. The van der Waals surface area contributed by atoms with Crippen molar-refractivity contribution in [3.8, 4) is 11.5 Å². The lowest BCUT2D eigenvalue weighted by atomic mass is 9.81. The molecule has 0 N–H and O–H groups in total. The number of methoxy groups -OCH3 is 1. The Balaban J connectivity index is 1.50. The van der Waals surface area contributed by atoms with Crippen molar-refractivity contribution in [1.29, 1.82) is 0 Å². The van der Waals surface area contributed by atoms with Gasteiger partial charge in [-0.1, -0.05) is 83.9 Å². The van der Waals surface area contributed by atoms with Gasteiger partial charge in [0.05, 0.1) is 7.11 Å². The van der Waals surface area contributed by atoms with E-state index in [2.05, 4.69) is 6.08 Å².